The Morgan fingerprint density at radius 2 is 1.58 bits per heavy atom. The van der Waals surface area contributed by atoms with Crippen LogP contribution >= 0.6 is 0 Å². The van der Waals surface area contributed by atoms with Gasteiger partial charge < -0.3 is 11.5 Å². The standard InChI is InChI=1S/C9H16N2O/c10-7(12)9(11)6-2-5-8(9)3-1-4-8/h1-6,11H2,(H2,10,12). The van der Waals surface area contributed by atoms with E-state index in [9.17, 15) is 4.79 Å². The summed E-state index contributed by atoms with van der Waals surface area (Å²) in [5, 5.41) is 0. The van der Waals surface area contributed by atoms with Crippen molar-refractivity contribution in [3.05, 3.63) is 0 Å². The maximum atomic E-state index is 11.2. The minimum atomic E-state index is -0.675. The summed E-state index contributed by atoms with van der Waals surface area (Å²) in [6, 6.07) is 0. The van der Waals surface area contributed by atoms with Crippen LogP contribution < -0.4 is 11.5 Å². The zero-order valence-electron chi connectivity index (χ0n) is 7.31. The molecule has 2 saturated carbocycles. The molecule has 1 atom stereocenters. The van der Waals surface area contributed by atoms with Gasteiger partial charge in [-0.1, -0.05) is 12.8 Å². The van der Waals surface area contributed by atoms with Crippen LogP contribution in [-0.2, 0) is 4.79 Å². The Kier molecular flexibility index (Phi) is 1.49. The number of carbonyl (C=O) groups is 1. The number of amides is 1. The predicted molar refractivity (Wildman–Crippen MR) is 46.2 cm³/mol. The SMILES string of the molecule is NC(=O)C1(N)CCCC12CCC2. The third-order valence-corrected chi connectivity index (χ3v) is 3.92. The van der Waals surface area contributed by atoms with Gasteiger partial charge in [-0.2, -0.15) is 0 Å². The first kappa shape index (κ1) is 8.05. The van der Waals surface area contributed by atoms with E-state index in [4.69, 9.17) is 11.5 Å². The van der Waals surface area contributed by atoms with Gasteiger partial charge in [0.1, 0.15) is 5.54 Å². The van der Waals surface area contributed by atoms with Crippen LogP contribution in [0.3, 0.4) is 0 Å². The Hall–Kier alpha value is -0.570. The van der Waals surface area contributed by atoms with Gasteiger partial charge in [-0.05, 0) is 31.1 Å². The molecule has 0 heterocycles. The van der Waals surface area contributed by atoms with Gasteiger partial charge in [0.15, 0.2) is 0 Å². The molecular formula is C9H16N2O. The topological polar surface area (TPSA) is 69.1 Å². The molecule has 2 aliphatic carbocycles. The molecule has 1 spiro atoms. The van der Waals surface area contributed by atoms with Gasteiger partial charge in [-0.25, -0.2) is 0 Å². The number of carbonyl (C=O) groups excluding carboxylic acids is 1. The van der Waals surface area contributed by atoms with Gasteiger partial charge in [0.2, 0.25) is 5.91 Å². The van der Waals surface area contributed by atoms with E-state index in [1.165, 1.54) is 6.42 Å². The Bertz CT molecular complexity index is 223. The average Bonchev–Trinajstić information content (AvgIpc) is 2.26. The molecule has 2 fully saturated rings. The van der Waals surface area contributed by atoms with E-state index >= 15 is 0 Å². The summed E-state index contributed by atoms with van der Waals surface area (Å²) in [4.78, 5) is 11.2. The Labute approximate surface area is 72.5 Å². The molecule has 1 amide bonds. The number of hydrogen-bond donors (Lipinski definition) is 2. The van der Waals surface area contributed by atoms with Crippen LogP contribution in [-0.4, -0.2) is 11.4 Å². The molecule has 0 aromatic heterocycles. The maximum Gasteiger partial charge on any atom is 0.238 e. The van der Waals surface area contributed by atoms with Gasteiger partial charge >= 0.3 is 0 Å². The molecule has 0 saturated heterocycles. The molecule has 2 aliphatic rings. The van der Waals surface area contributed by atoms with E-state index in [0.29, 0.717) is 0 Å². The third kappa shape index (κ3) is 0.724. The lowest BCUT2D eigenvalue weighted by atomic mass is 9.59. The molecule has 68 valence electrons. The van der Waals surface area contributed by atoms with Gasteiger partial charge in [0, 0.05) is 0 Å². The van der Waals surface area contributed by atoms with E-state index in [-0.39, 0.29) is 11.3 Å². The van der Waals surface area contributed by atoms with Crippen molar-refractivity contribution >= 4 is 5.91 Å². The van der Waals surface area contributed by atoms with Crippen LogP contribution in [0.1, 0.15) is 38.5 Å². The second kappa shape index (κ2) is 2.22. The molecule has 12 heavy (non-hydrogen) atoms. The number of hydrogen-bond acceptors (Lipinski definition) is 2. The molecule has 0 radical (unpaired) electrons. The average molecular weight is 168 g/mol. The van der Waals surface area contributed by atoms with Crippen LogP contribution in [0.2, 0.25) is 0 Å². The molecular weight excluding hydrogens is 152 g/mol. The van der Waals surface area contributed by atoms with Crippen molar-refractivity contribution in [3.63, 3.8) is 0 Å². The van der Waals surface area contributed by atoms with Gasteiger partial charge in [-0.15, -0.1) is 0 Å². The largest absolute Gasteiger partial charge is 0.368 e. The van der Waals surface area contributed by atoms with Crippen molar-refractivity contribution < 1.29 is 4.79 Å². The molecule has 0 aromatic rings. The number of primary amides is 1. The number of nitrogens with two attached hydrogens (primary N) is 2. The van der Waals surface area contributed by atoms with Gasteiger partial charge in [-0.3, -0.25) is 4.79 Å². The molecule has 4 N–H and O–H groups in total. The molecule has 0 bridgehead atoms. The van der Waals surface area contributed by atoms with Gasteiger partial charge in [0.25, 0.3) is 0 Å². The molecule has 0 aliphatic heterocycles. The fourth-order valence-corrected chi connectivity index (χ4v) is 2.88. The highest BCUT2D eigenvalue weighted by Crippen LogP contribution is 2.57. The van der Waals surface area contributed by atoms with E-state index in [0.717, 1.165) is 32.1 Å². The summed E-state index contributed by atoms with van der Waals surface area (Å²) in [7, 11) is 0. The first-order valence-corrected chi connectivity index (χ1v) is 4.70. The highest BCUT2D eigenvalue weighted by atomic mass is 16.1. The van der Waals surface area contributed by atoms with Crippen LogP contribution in [0.5, 0.6) is 0 Å². The van der Waals surface area contributed by atoms with Crippen LogP contribution in [0.25, 0.3) is 0 Å². The summed E-state index contributed by atoms with van der Waals surface area (Å²) >= 11 is 0. The minimum absolute atomic E-state index is 0.0961. The predicted octanol–water partition coefficient (Wildman–Crippen LogP) is 0.523. The second-order valence-electron chi connectivity index (χ2n) is 4.32. The Balaban J connectivity index is 2.29. The summed E-state index contributed by atoms with van der Waals surface area (Å²) in [5.74, 6) is -0.292. The summed E-state index contributed by atoms with van der Waals surface area (Å²) in [5.41, 5.74) is 10.8. The van der Waals surface area contributed by atoms with Crippen molar-refractivity contribution in [2.75, 3.05) is 0 Å². The molecule has 3 heteroatoms. The molecule has 0 aromatic carbocycles. The minimum Gasteiger partial charge on any atom is -0.368 e. The van der Waals surface area contributed by atoms with Crippen molar-refractivity contribution in [2.45, 2.75) is 44.1 Å². The van der Waals surface area contributed by atoms with E-state index in [2.05, 4.69) is 0 Å². The molecule has 3 nitrogen and oxygen atoms in total. The first-order chi connectivity index (χ1) is 5.61. The van der Waals surface area contributed by atoms with Gasteiger partial charge in [0.05, 0.1) is 0 Å². The van der Waals surface area contributed by atoms with Crippen LogP contribution in [0, 0.1) is 5.41 Å². The molecule has 1 unspecified atom stereocenters. The summed E-state index contributed by atoms with van der Waals surface area (Å²) < 4.78 is 0. The third-order valence-electron chi connectivity index (χ3n) is 3.92. The van der Waals surface area contributed by atoms with Crippen molar-refractivity contribution in [2.24, 2.45) is 16.9 Å². The van der Waals surface area contributed by atoms with Crippen molar-refractivity contribution in [1.29, 1.82) is 0 Å². The quantitative estimate of drug-likeness (QED) is 0.599. The maximum absolute atomic E-state index is 11.2. The fourth-order valence-electron chi connectivity index (χ4n) is 2.88. The van der Waals surface area contributed by atoms with E-state index < -0.39 is 5.54 Å². The second-order valence-corrected chi connectivity index (χ2v) is 4.32. The lowest BCUT2D eigenvalue weighted by Crippen LogP contribution is -2.62. The summed E-state index contributed by atoms with van der Waals surface area (Å²) in [6.45, 7) is 0. The highest BCUT2D eigenvalue weighted by Gasteiger charge is 2.58. The lowest BCUT2D eigenvalue weighted by Gasteiger charge is -2.48. The zero-order chi connectivity index (χ0) is 8.82. The van der Waals surface area contributed by atoms with Crippen LogP contribution in [0.4, 0.5) is 0 Å². The lowest BCUT2D eigenvalue weighted by molar-refractivity contribution is -0.129. The van der Waals surface area contributed by atoms with E-state index in [1.807, 2.05) is 0 Å². The molecule has 2 rings (SSSR count). The zero-order valence-corrected chi connectivity index (χ0v) is 7.31. The first-order valence-electron chi connectivity index (χ1n) is 4.70. The Morgan fingerprint density at radius 3 is 1.92 bits per heavy atom. The Morgan fingerprint density at radius 1 is 1.08 bits per heavy atom. The summed E-state index contributed by atoms with van der Waals surface area (Å²) in [6.07, 6.45) is 6.39. The van der Waals surface area contributed by atoms with Crippen LogP contribution in [0.15, 0.2) is 0 Å². The monoisotopic (exact) mass is 168 g/mol. The van der Waals surface area contributed by atoms with Crippen molar-refractivity contribution in [1.82, 2.24) is 0 Å². The smallest absolute Gasteiger partial charge is 0.238 e. The fraction of sp³-hybridized carbons (Fsp3) is 0.889. The van der Waals surface area contributed by atoms with Crippen molar-refractivity contribution in [3.8, 4) is 0 Å². The normalized spacial score (nSPS) is 38.1. The number of rotatable bonds is 1. The van der Waals surface area contributed by atoms with E-state index in [1.54, 1.807) is 0 Å². The highest BCUT2D eigenvalue weighted by molar-refractivity contribution is 5.86.